The third kappa shape index (κ3) is 6.90. The zero-order chi connectivity index (χ0) is 21.3. The predicted molar refractivity (Wildman–Crippen MR) is 122 cm³/mol. The number of para-hydroxylation sites is 1. The van der Waals surface area contributed by atoms with Crippen molar-refractivity contribution in [2.45, 2.75) is 38.5 Å². The summed E-state index contributed by atoms with van der Waals surface area (Å²) in [6.45, 7) is 3.47. The van der Waals surface area contributed by atoms with Crippen molar-refractivity contribution < 1.29 is 14.6 Å². The molecule has 2 aromatic carbocycles. The molecule has 6 heteroatoms. The molecule has 1 aliphatic rings. The summed E-state index contributed by atoms with van der Waals surface area (Å²) >= 11 is 12.1. The number of unbranched alkanes of at least 4 members (excludes halogenated alkanes) is 1. The Morgan fingerprint density at radius 2 is 1.80 bits per heavy atom. The van der Waals surface area contributed by atoms with Gasteiger partial charge in [-0.05, 0) is 87.5 Å². The fraction of sp³-hybridized carbons (Fsp3) is 0.458. The van der Waals surface area contributed by atoms with Crippen molar-refractivity contribution in [1.82, 2.24) is 4.90 Å². The molecular weight excluding hydrogens is 421 g/mol. The summed E-state index contributed by atoms with van der Waals surface area (Å²) in [5, 5.41) is 10.2. The van der Waals surface area contributed by atoms with Gasteiger partial charge in [0, 0.05) is 0 Å². The first-order valence-electron chi connectivity index (χ1n) is 10.6. The van der Waals surface area contributed by atoms with Crippen molar-refractivity contribution >= 4 is 29.2 Å². The molecule has 1 heterocycles. The molecular formula is C24H29Cl2NO3. The number of hydrogen-bond acceptors (Lipinski definition) is 3. The van der Waals surface area contributed by atoms with Crippen molar-refractivity contribution in [3.63, 3.8) is 0 Å². The molecule has 162 valence electrons. The van der Waals surface area contributed by atoms with E-state index >= 15 is 0 Å². The molecule has 0 spiro atoms. The molecule has 30 heavy (non-hydrogen) atoms. The molecule has 1 saturated heterocycles. The van der Waals surface area contributed by atoms with Gasteiger partial charge in [-0.2, -0.15) is 0 Å². The largest absolute Gasteiger partial charge is 0.493 e. The van der Waals surface area contributed by atoms with Crippen LogP contribution in [-0.4, -0.2) is 42.2 Å². The number of aliphatic carboxylic acids is 1. The molecule has 4 nitrogen and oxygen atoms in total. The minimum atomic E-state index is -0.652. The smallest absolute Gasteiger partial charge is 0.306 e. The number of likely N-dealkylation sites (tertiary alicyclic amines) is 1. The Kier molecular flexibility index (Phi) is 8.86. The van der Waals surface area contributed by atoms with Crippen LogP contribution in [-0.2, 0) is 17.6 Å². The Labute approximate surface area is 188 Å². The van der Waals surface area contributed by atoms with Gasteiger partial charge >= 0.3 is 5.97 Å². The molecule has 0 saturated carbocycles. The first kappa shape index (κ1) is 22.9. The van der Waals surface area contributed by atoms with Crippen LogP contribution >= 0.6 is 23.2 Å². The third-order valence-electron chi connectivity index (χ3n) is 5.70. The topological polar surface area (TPSA) is 49.8 Å². The Morgan fingerprint density at radius 1 is 1.03 bits per heavy atom. The second-order valence-corrected chi connectivity index (χ2v) is 8.68. The van der Waals surface area contributed by atoms with Gasteiger partial charge in [-0.15, -0.1) is 0 Å². The summed E-state index contributed by atoms with van der Waals surface area (Å²) in [6.07, 6.45) is 5.33. The quantitative estimate of drug-likeness (QED) is 0.470. The number of nitrogens with zero attached hydrogens (tertiary/aromatic N) is 1. The number of hydrogen-bond donors (Lipinski definition) is 1. The Hall–Kier alpha value is -1.75. The van der Waals surface area contributed by atoms with Gasteiger partial charge in [0.25, 0.3) is 0 Å². The number of ether oxygens (including phenoxy) is 1. The highest BCUT2D eigenvalue weighted by Crippen LogP contribution is 2.25. The Morgan fingerprint density at radius 3 is 2.53 bits per heavy atom. The fourth-order valence-electron chi connectivity index (χ4n) is 3.85. The molecule has 0 radical (unpaired) electrons. The van der Waals surface area contributed by atoms with Crippen LogP contribution in [0, 0.1) is 5.92 Å². The molecule has 0 aromatic heterocycles. The van der Waals surface area contributed by atoms with E-state index in [4.69, 9.17) is 33.0 Å². The zero-order valence-electron chi connectivity index (χ0n) is 17.2. The van der Waals surface area contributed by atoms with Crippen LogP contribution < -0.4 is 4.74 Å². The number of benzene rings is 2. The van der Waals surface area contributed by atoms with Crippen molar-refractivity contribution in [3.8, 4) is 5.75 Å². The molecule has 0 bridgehead atoms. The average Bonchev–Trinajstić information content (AvgIpc) is 2.75. The first-order chi connectivity index (χ1) is 14.5. The minimum Gasteiger partial charge on any atom is -0.493 e. The van der Waals surface area contributed by atoms with Crippen LogP contribution in [0.5, 0.6) is 5.75 Å². The Balaban J connectivity index is 1.38. The van der Waals surface area contributed by atoms with Crippen molar-refractivity contribution in [2.75, 3.05) is 26.2 Å². The van der Waals surface area contributed by atoms with E-state index in [0.29, 0.717) is 16.7 Å². The van der Waals surface area contributed by atoms with E-state index in [9.17, 15) is 4.79 Å². The second kappa shape index (κ2) is 11.6. The third-order valence-corrected chi connectivity index (χ3v) is 6.44. The fourth-order valence-corrected chi connectivity index (χ4v) is 4.17. The van der Waals surface area contributed by atoms with E-state index in [0.717, 1.165) is 69.5 Å². The van der Waals surface area contributed by atoms with Crippen LogP contribution in [0.1, 0.15) is 36.8 Å². The van der Waals surface area contributed by atoms with E-state index in [-0.39, 0.29) is 5.92 Å². The average molecular weight is 450 g/mol. The predicted octanol–water partition coefficient (Wildman–Crippen LogP) is 5.73. The summed E-state index contributed by atoms with van der Waals surface area (Å²) in [5.41, 5.74) is 2.35. The van der Waals surface area contributed by atoms with E-state index in [1.807, 2.05) is 36.4 Å². The second-order valence-electron chi connectivity index (χ2n) is 7.87. The summed E-state index contributed by atoms with van der Waals surface area (Å²) < 4.78 is 6.06. The van der Waals surface area contributed by atoms with Gasteiger partial charge < -0.3 is 14.7 Å². The lowest BCUT2D eigenvalue weighted by Gasteiger charge is -2.29. The Bertz CT molecular complexity index is 835. The summed E-state index contributed by atoms with van der Waals surface area (Å²) in [4.78, 5) is 13.4. The van der Waals surface area contributed by atoms with Crippen molar-refractivity contribution in [1.29, 1.82) is 0 Å². The maximum Gasteiger partial charge on any atom is 0.306 e. The lowest BCUT2D eigenvalue weighted by molar-refractivity contribution is -0.143. The molecule has 3 rings (SSSR count). The number of carboxylic acids is 1. The monoisotopic (exact) mass is 449 g/mol. The number of piperidine rings is 1. The standard InChI is InChI=1S/C24H29Cl2NO3/c25-21-10-8-18(17-22(21)26)7-9-19-5-1-2-6-23(19)30-16-4-3-13-27-14-11-20(12-15-27)24(28)29/h1-2,5-6,8,10,17,20H,3-4,7,9,11-16H2,(H,28,29). The van der Waals surface area contributed by atoms with Crippen LogP contribution in [0.15, 0.2) is 42.5 Å². The van der Waals surface area contributed by atoms with E-state index in [2.05, 4.69) is 11.0 Å². The van der Waals surface area contributed by atoms with Crippen LogP contribution in [0.2, 0.25) is 10.0 Å². The molecule has 1 N–H and O–H groups in total. The van der Waals surface area contributed by atoms with Gasteiger partial charge in [0.2, 0.25) is 0 Å². The summed E-state index contributed by atoms with van der Waals surface area (Å²) in [5.74, 6) is 0.130. The molecule has 2 aromatic rings. The number of halogens is 2. The molecule has 0 aliphatic carbocycles. The maximum absolute atomic E-state index is 11.0. The lowest BCUT2D eigenvalue weighted by Crippen LogP contribution is -2.36. The highest BCUT2D eigenvalue weighted by atomic mass is 35.5. The molecule has 1 aliphatic heterocycles. The van der Waals surface area contributed by atoms with Crippen molar-refractivity contribution in [3.05, 3.63) is 63.6 Å². The number of carboxylic acid groups (broad SMARTS) is 1. The number of rotatable bonds is 10. The highest BCUT2D eigenvalue weighted by molar-refractivity contribution is 6.42. The van der Waals surface area contributed by atoms with Gasteiger partial charge in [-0.3, -0.25) is 4.79 Å². The van der Waals surface area contributed by atoms with E-state index in [1.54, 1.807) is 0 Å². The van der Waals surface area contributed by atoms with Gasteiger partial charge in [0.15, 0.2) is 0 Å². The minimum absolute atomic E-state index is 0.162. The number of aryl methyl sites for hydroxylation is 2. The summed E-state index contributed by atoms with van der Waals surface area (Å²) in [6, 6.07) is 14.0. The van der Waals surface area contributed by atoms with Gasteiger partial charge in [-0.1, -0.05) is 47.5 Å². The molecule has 0 atom stereocenters. The first-order valence-corrected chi connectivity index (χ1v) is 11.4. The van der Waals surface area contributed by atoms with Gasteiger partial charge in [-0.25, -0.2) is 0 Å². The van der Waals surface area contributed by atoms with Crippen LogP contribution in [0.25, 0.3) is 0 Å². The normalized spacial score (nSPS) is 15.3. The van der Waals surface area contributed by atoms with Crippen molar-refractivity contribution in [2.24, 2.45) is 5.92 Å². The molecule has 0 amide bonds. The summed E-state index contributed by atoms with van der Waals surface area (Å²) in [7, 11) is 0. The zero-order valence-corrected chi connectivity index (χ0v) is 18.7. The van der Waals surface area contributed by atoms with Gasteiger partial charge in [0.05, 0.1) is 22.6 Å². The number of carbonyl (C=O) groups is 1. The SMILES string of the molecule is O=C(O)C1CCN(CCCCOc2ccccc2CCc2ccc(Cl)c(Cl)c2)CC1. The van der Waals surface area contributed by atoms with Crippen LogP contribution in [0.4, 0.5) is 0 Å². The van der Waals surface area contributed by atoms with E-state index < -0.39 is 5.97 Å². The van der Waals surface area contributed by atoms with Crippen LogP contribution in [0.3, 0.4) is 0 Å². The molecule has 0 unspecified atom stereocenters. The lowest BCUT2D eigenvalue weighted by atomic mass is 9.97. The maximum atomic E-state index is 11.0. The highest BCUT2D eigenvalue weighted by Gasteiger charge is 2.23. The van der Waals surface area contributed by atoms with E-state index in [1.165, 1.54) is 5.56 Å². The van der Waals surface area contributed by atoms with Gasteiger partial charge in [0.1, 0.15) is 5.75 Å². The molecule has 1 fully saturated rings.